The smallest absolute Gasteiger partial charge is 0.0676 e. The fraction of sp³-hybridized carbons (Fsp3) is 1.00. The van der Waals surface area contributed by atoms with E-state index in [0.717, 1.165) is 0 Å². The molecular weight excluding hydrogens is 114 g/mol. The van der Waals surface area contributed by atoms with Crippen molar-refractivity contribution in [3.63, 3.8) is 0 Å². The molecule has 5 N–H and O–H groups in total. The average molecular weight is 131 g/mol. The number of nitrogens with one attached hydrogen (secondary N) is 1. The summed E-state index contributed by atoms with van der Waals surface area (Å²) in [5.41, 5.74) is 10.8. The average Bonchev–Trinajstić information content (AvgIpc) is 1.63. The van der Waals surface area contributed by atoms with E-state index in [2.05, 4.69) is 19.2 Å². The molecule has 0 aliphatic carbocycles. The van der Waals surface area contributed by atoms with Crippen LogP contribution in [0.25, 0.3) is 0 Å². The molecule has 0 fully saturated rings. The minimum atomic E-state index is -0.257. The van der Waals surface area contributed by atoms with Gasteiger partial charge in [0, 0.05) is 12.1 Å². The first-order valence-corrected chi connectivity index (χ1v) is 3.31. The summed E-state index contributed by atoms with van der Waals surface area (Å²) in [4.78, 5) is 0. The van der Waals surface area contributed by atoms with Crippen molar-refractivity contribution in [2.45, 2.75) is 39.0 Å². The van der Waals surface area contributed by atoms with Gasteiger partial charge in [-0.3, -0.25) is 0 Å². The van der Waals surface area contributed by atoms with Crippen LogP contribution in [0.15, 0.2) is 0 Å². The maximum atomic E-state index is 5.40. The number of rotatable bonds is 3. The lowest BCUT2D eigenvalue weighted by atomic mass is 10.2. The van der Waals surface area contributed by atoms with Gasteiger partial charge in [0.25, 0.3) is 0 Å². The molecule has 0 amide bonds. The lowest BCUT2D eigenvalue weighted by Crippen LogP contribution is -2.50. The summed E-state index contributed by atoms with van der Waals surface area (Å²) in [7, 11) is 0. The predicted octanol–water partition coefficient (Wildman–Crippen LogP) is -0.384. The van der Waals surface area contributed by atoms with Gasteiger partial charge in [-0.25, -0.2) is 0 Å². The Kier molecular flexibility index (Phi) is 3.77. The van der Waals surface area contributed by atoms with Crippen LogP contribution in [0.5, 0.6) is 0 Å². The van der Waals surface area contributed by atoms with Gasteiger partial charge in [0.2, 0.25) is 0 Å². The van der Waals surface area contributed by atoms with Crippen molar-refractivity contribution < 1.29 is 0 Å². The Bertz CT molecular complexity index is 70.7. The molecule has 9 heavy (non-hydrogen) atoms. The van der Waals surface area contributed by atoms with Gasteiger partial charge in [0.1, 0.15) is 0 Å². The van der Waals surface area contributed by atoms with Crippen LogP contribution < -0.4 is 16.8 Å². The monoisotopic (exact) mass is 131 g/mol. The minimum absolute atomic E-state index is 0.199. The third kappa shape index (κ3) is 4.39. The molecule has 56 valence electrons. The maximum Gasteiger partial charge on any atom is 0.0676 e. The lowest BCUT2D eigenvalue weighted by Gasteiger charge is -2.19. The Labute approximate surface area is 56.8 Å². The molecule has 0 aromatic heterocycles. The molecule has 0 heterocycles. The standard InChI is InChI=1S/C6H17N3/c1-4(2)9-5(3)6(7)8/h4-6,9H,7-8H2,1-3H3. The summed E-state index contributed by atoms with van der Waals surface area (Å²) in [6, 6.07) is 0.652. The molecule has 3 heteroatoms. The molecule has 0 bridgehead atoms. The highest BCUT2D eigenvalue weighted by Crippen LogP contribution is 1.85. The molecule has 0 saturated carbocycles. The minimum Gasteiger partial charge on any atom is -0.315 e. The molecular formula is C6H17N3. The van der Waals surface area contributed by atoms with Crippen molar-refractivity contribution in [3.8, 4) is 0 Å². The first kappa shape index (κ1) is 8.88. The van der Waals surface area contributed by atoms with E-state index >= 15 is 0 Å². The third-order valence-electron chi connectivity index (χ3n) is 1.17. The van der Waals surface area contributed by atoms with Gasteiger partial charge < -0.3 is 16.8 Å². The van der Waals surface area contributed by atoms with Crippen molar-refractivity contribution in [3.05, 3.63) is 0 Å². The SMILES string of the molecule is CC(C)NC(C)C(N)N. The molecule has 1 atom stereocenters. The van der Waals surface area contributed by atoms with E-state index in [4.69, 9.17) is 11.5 Å². The van der Waals surface area contributed by atoms with Gasteiger partial charge in [0.15, 0.2) is 0 Å². The fourth-order valence-electron chi connectivity index (χ4n) is 0.637. The van der Waals surface area contributed by atoms with Crippen LogP contribution in [0.3, 0.4) is 0 Å². The molecule has 0 aromatic rings. The van der Waals surface area contributed by atoms with Crippen molar-refractivity contribution >= 4 is 0 Å². The van der Waals surface area contributed by atoms with E-state index in [1.165, 1.54) is 0 Å². The number of hydrogen-bond acceptors (Lipinski definition) is 3. The first-order chi connectivity index (χ1) is 4.04. The van der Waals surface area contributed by atoms with E-state index in [9.17, 15) is 0 Å². The van der Waals surface area contributed by atoms with E-state index in [0.29, 0.717) is 6.04 Å². The van der Waals surface area contributed by atoms with Crippen LogP contribution in [-0.4, -0.2) is 18.2 Å². The summed E-state index contributed by atoms with van der Waals surface area (Å²) in [6.07, 6.45) is -0.257. The topological polar surface area (TPSA) is 64.1 Å². The first-order valence-electron chi connectivity index (χ1n) is 3.31. The lowest BCUT2D eigenvalue weighted by molar-refractivity contribution is 0.428. The van der Waals surface area contributed by atoms with Gasteiger partial charge in [-0.15, -0.1) is 0 Å². The second kappa shape index (κ2) is 3.82. The van der Waals surface area contributed by atoms with Crippen LogP contribution >= 0.6 is 0 Å². The maximum absolute atomic E-state index is 5.40. The summed E-state index contributed by atoms with van der Waals surface area (Å²) in [5.74, 6) is 0. The highest BCUT2D eigenvalue weighted by atomic mass is 15.0. The molecule has 0 aliphatic rings. The second-order valence-corrected chi connectivity index (χ2v) is 2.69. The van der Waals surface area contributed by atoms with E-state index in [1.54, 1.807) is 0 Å². The van der Waals surface area contributed by atoms with Crippen LogP contribution in [0, 0.1) is 0 Å². The van der Waals surface area contributed by atoms with Gasteiger partial charge >= 0.3 is 0 Å². The molecule has 0 spiro atoms. The van der Waals surface area contributed by atoms with Crippen LogP contribution in [-0.2, 0) is 0 Å². The Hall–Kier alpha value is -0.120. The van der Waals surface area contributed by atoms with E-state index in [1.807, 2.05) is 6.92 Å². The molecule has 0 saturated heterocycles. The van der Waals surface area contributed by atoms with E-state index in [-0.39, 0.29) is 12.2 Å². The summed E-state index contributed by atoms with van der Waals surface area (Å²) >= 11 is 0. The number of hydrogen-bond donors (Lipinski definition) is 3. The van der Waals surface area contributed by atoms with Gasteiger partial charge in [-0.05, 0) is 6.92 Å². The molecule has 0 rings (SSSR count). The Morgan fingerprint density at radius 3 is 1.67 bits per heavy atom. The summed E-state index contributed by atoms with van der Waals surface area (Å²) in [6.45, 7) is 6.11. The second-order valence-electron chi connectivity index (χ2n) is 2.69. The van der Waals surface area contributed by atoms with Crippen LogP contribution in [0.4, 0.5) is 0 Å². The fourth-order valence-corrected chi connectivity index (χ4v) is 0.637. The largest absolute Gasteiger partial charge is 0.315 e. The Morgan fingerprint density at radius 2 is 1.56 bits per heavy atom. The van der Waals surface area contributed by atoms with Crippen molar-refractivity contribution in [2.24, 2.45) is 11.5 Å². The predicted molar refractivity (Wildman–Crippen MR) is 39.9 cm³/mol. The molecule has 3 nitrogen and oxygen atoms in total. The van der Waals surface area contributed by atoms with Crippen LogP contribution in [0.2, 0.25) is 0 Å². The van der Waals surface area contributed by atoms with Crippen molar-refractivity contribution in [2.75, 3.05) is 0 Å². The summed E-state index contributed by atoms with van der Waals surface area (Å²) < 4.78 is 0. The quantitative estimate of drug-likeness (QED) is 0.457. The zero-order chi connectivity index (χ0) is 7.44. The zero-order valence-electron chi connectivity index (χ0n) is 6.39. The highest BCUT2D eigenvalue weighted by Gasteiger charge is 2.06. The van der Waals surface area contributed by atoms with Crippen molar-refractivity contribution in [1.82, 2.24) is 5.32 Å². The van der Waals surface area contributed by atoms with Gasteiger partial charge in [-0.1, -0.05) is 13.8 Å². The van der Waals surface area contributed by atoms with Gasteiger partial charge in [-0.2, -0.15) is 0 Å². The molecule has 1 unspecified atom stereocenters. The molecule has 0 radical (unpaired) electrons. The normalized spacial score (nSPS) is 15.0. The zero-order valence-corrected chi connectivity index (χ0v) is 6.39. The molecule has 0 aromatic carbocycles. The third-order valence-corrected chi connectivity index (χ3v) is 1.17. The summed E-state index contributed by atoms with van der Waals surface area (Å²) in [5, 5.41) is 3.19. The Balaban J connectivity index is 3.38. The van der Waals surface area contributed by atoms with E-state index < -0.39 is 0 Å². The highest BCUT2D eigenvalue weighted by molar-refractivity contribution is 4.70. The van der Waals surface area contributed by atoms with Gasteiger partial charge in [0.05, 0.1) is 6.17 Å². The molecule has 0 aliphatic heterocycles. The van der Waals surface area contributed by atoms with Crippen LogP contribution in [0.1, 0.15) is 20.8 Å². The van der Waals surface area contributed by atoms with Crippen molar-refractivity contribution in [1.29, 1.82) is 0 Å². The number of nitrogens with two attached hydrogens (primary N) is 2. The Morgan fingerprint density at radius 1 is 1.11 bits per heavy atom.